The van der Waals surface area contributed by atoms with Gasteiger partial charge in [0.25, 0.3) is 5.91 Å². The minimum atomic E-state index is -0.603. The second-order valence-corrected chi connectivity index (χ2v) is 6.68. The van der Waals surface area contributed by atoms with E-state index in [1.54, 1.807) is 6.20 Å². The number of H-pyrrole nitrogens is 1. The van der Waals surface area contributed by atoms with Gasteiger partial charge in [0.2, 0.25) is 0 Å². The van der Waals surface area contributed by atoms with Gasteiger partial charge in [0.15, 0.2) is 5.69 Å². The van der Waals surface area contributed by atoms with Gasteiger partial charge in [-0.1, -0.05) is 22.0 Å². The summed E-state index contributed by atoms with van der Waals surface area (Å²) in [5, 5.41) is 1.01. The lowest BCUT2D eigenvalue weighted by atomic mass is 10.1. The maximum absolute atomic E-state index is 11.7. The number of aromatic nitrogens is 3. The fraction of sp³-hybridized carbons (Fsp3) is 0.235. The topological polar surface area (TPSA) is 111 Å². The van der Waals surface area contributed by atoms with E-state index in [2.05, 4.69) is 30.9 Å². The Morgan fingerprint density at radius 1 is 1.42 bits per heavy atom. The van der Waals surface area contributed by atoms with Gasteiger partial charge in [-0.2, -0.15) is 0 Å². The molecule has 124 valence electrons. The number of amides is 1. The van der Waals surface area contributed by atoms with Gasteiger partial charge in [0.05, 0.1) is 11.4 Å². The van der Waals surface area contributed by atoms with Crippen LogP contribution in [0.2, 0.25) is 0 Å². The Morgan fingerprint density at radius 2 is 2.21 bits per heavy atom. The number of halogens is 1. The Kier molecular flexibility index (Phi) is 4.64. The third-order valence-corrected chi connectivity index (χ3v) is 4.47. The highest BCUT2D eigenvalue weighted by Crippen LogP contribution is 2.29. The third-order valence-electron chi connectivity index (χ3n) is 3.78. The van der Waals surface area contributed by atoms with Crippen molar-refractivity contribution in [3.05, 3.63) is 46.3 Å². The molecule has 0 aliphatic carbocycles. The number of benzene rings is 1. The van der Waals surface area contributed by atoms with Gasteiger partial charge in [-0.15, -0.1) is 0 Å². The van der Waals surface area contributed by atoms with Crippen molar-refractivity contribution in [3.8, 4) is 11.4 Å². The number of fused-ring (bicyclic) bond motifs is 1. The van der Waals surface area contributed by atoms with Crippen LogP contribution in [0.25, 0.3) is 22.3 Å². The summed E-state index contributed by atoms with van der Waals surface area (Å²) in [7, 11) is 0. The summed E-state index contributed by atoms with van der Waals surface area (Å²) < 4.78 is 0.962. The number of rotatable bonds is 5. The molecule has 0 fully saturated rings. The lowest BCUT2D eigenvalue weighted by Gasteiger charge is -2.08. The standard InChI is InChI=1S/C17H18BrN5O/c1-9(19)5-6-10-8-21-16(17(20)24)15(22-10)14-7-11-12(18)3-2-4-13(11)23-14/h2-4,7-9,23H,5-6,19H2,1H3,(H2,20,24)/t9-/m0/s1. The second-order valence-electron chi connectivity index (χ2n) is 5.82. The molecule has 3 rings (SSSR count). The van der Waals surface area contributed by atoms with Crippen LogP contribution in [0.4, 0.5) is 0 Å². The molecule has 0 saturated heterocycles. The Bertz CT molecular complexity index is 903. The van der Waals surface area contributed by atoms with E-state index >= 15 is 0 Å². The average Bonchev–Trinajstić information content (AvgIpc) is 2.98. The lowest BCUT2D eigenvalue weighted by Crippen LogP contribution is -2.18. The third kappa shape index (κ3) is 3.32. The molecule has 1 atom stereocenters. The van der Waals surface area contributed by atoms with E-state index in [9.17, 15) is 4.79 Å². The van der Waals surface area contributed by atoms with Crippen LogP contribution in [0.1, 0.15) is 29.5 Å². The molecule has 0 aliphatic rings. The van der Waals surface area contributed by atoms with E-state index in [1.165, 1.54) is 0 Å². The molecule has 1 aromatic carbocycles. The monoisotopic (exact) mass is 387 g/mol. The van der Waals surface area contributed by atoms with Crippen LogP contribution >= 0.6 is 15.9 Å². The smallest absolute Gasteiger partial charge is 0.269 e. The van der Waals surface area contributed by atoms with Gasteiger partial charge in [-0.05, 0) is 38.0 Å². The van der Waals surface area contributed by atoms with Gasteiger partial charge >= 0.3 is 0 Å². The highest BCUT2D eigenvalue weighted by atomic mass is 79.9. The van der Waals surface area contributed by atoms with Crippen molar-refractivity contribution in [2.24, 2.45) is 11.5 Å². The number of hydrogen-bond acceptors (Lipinski definition) is 4. The molecule has 0 radical (unpaired) electrons. The van der Waals surface area contributed by atoms with Crippen molar-refractivity contribution >= 4 is 32.7 Å². The van der Waals surface area contributed by atoms with E-state index in [1.807, 2.05) is 31.2 Å². The van der Waals surface area contributed by atoms with Crippen LogP contribution in [-0.4, -0.2) is 26.9 Å². The quantitative estimate of drug-likeness (QED) is 0.624. The van der Waals surface area contributed by atoms with Gasteiger partial charge in [0, 0.05) is 27.6 Å². The number of hydrogen-bond donors (Lipinski definition) is 3. The van der Waals surface area contributed by atoms with E-state index in [0.29, 0.717) is 17.8 Å². The molecule has 0 unspecified atom stereocenters. The van der Waals surface area contributed by atoms with Gasteiger partial charge in [0.1, 0.15) is 5.69 Å². The van der Waals surface area contributed by atoms with E-state index in [4.69, 9.17) is 11.5 Å². The summed E-state index contributed by atoms with van der Waals surface area (Å²) in [5.74, 6) is -0.603. The summed E-state index contributed by atoms with van der Waals surface area (Å²) in [4.78, 5) is 23.8. The van der Waals surface area contributed by atoms with Crippen molar-refractivity contribution in [2.45, 2.75) is 25.8 Å². The van der Waals surface area contributed by atoms with Crippen molar-refractivity contribution in [1.82, 2.24) is 15.0 Å². The van der Waals surface area contributed by atoms with Crippen LogP contribution in [0, 0.1) is 0 Å². The zero-order valence-corrected chi connectivity index (χ0v) is 14.8. The highest BCUT2D eigenvalue weighted by Gasteiger charge is 2.17. The van der Waals surface area contributed by atoms with E-state index < -0.39 is 5.91 Å². The molecule has 0 saturated carbocycles. The Morgan fingerprint density at radius 3 is 2.88 bits per heavy atom. The second kappa shape index (κ2) is 6.70. The normalized spacial score (nSPS) is 12.5. The summed E-state index contributed by atoms with van der Waals surface area (Å²) in [6.45, 7) is 1.95. The molecule has 1 amide bonds. The average molecular weight is 388 g/mol. The SMILES string of the molecule is C[C@H](N)CCc1cnc(C(N)=O)c(-c2cc3c(Br)cccc3[nH]2)n1. The first-order valence-electron chi connectivity index (χ1n) is 7.64. The maximum atomic E-state index is 11.7. The molecule has 0 aliphatic heterocycles. The number of nitrogens with one attached hydrogen (secondary N) is 1. The van der Waals surface area contributed by atoms with Gasteiger partial charge in [-0.3, -0.25) is 4.79 Å². The number of aromatic amines is 1. The minimum Gasteiger partial charge on any atom is -0.364 e. The number of primary amides is 1. The predicted molar refractivity (Wildman–Crippen MR) is 97.5 cm³/mol. The molecule has 7 heteroatoms. The number of nitrogens with zero attached hydrogens (tertiary/aromatic N) is 2. The fourth-order valence-electron chi connectivity index (χ4n) is 2.54. The molecule has 6 nitrogen and oxygen atoms in total. The van der Waals surface area contributed by atoms with Crippen molar-refractivity contribution in [3.63, 3.8) is 0 Å². The van der Waals surface area contributed by atoms with E-state index in [-0.39, 0.29) is 11.7 Å². The van der Waals surface area contributed by atoms with Crippen LogP contribution in [0.3, 0.4) is 0 Å². The summed E-state index contributed by atoms with van der Waals surface area (Å²) >= 11 is 3.52. The van der Waals surface area contributed by atoms with Crippen molar-refractivity contribution in [1.29, 1.82) is 0 Å². The lowest BCUT2D eigenvalue weighted by molar-refractivity contribution is 0.0996. The fourth-order valence-corrected chi connectivity index (χ4v) is 3.02. The first-order valence-corrected chi connectivity index (χ1v) is 8.44. The first-order chi connectivity index (χ1) is 11.5. The van der Waals surface area contributed by atoms with Crippen LogP contribution in [0.5, 0.6) is 0 Å². The molecular weight excluding hydrogens is 370 g/mol. The van der Waals surface area contributed by atoms with Crippen molar-refractivity contribution in [2.75, 3.05) is 0 Å². The number of carbonyl (C=O) groups is 1. The van der Waals surface area contributed by atoms with Gasteiger partial charge in [-0.25, -0.2) is 9.97 Å². The molecule has 3 aromatic rings. The van der Waals surface area contributed by atoms with Crippen molar-refractivity contribution < 1.29 is 4.79 Å². The molecule has 0 spiro atoms. The first kappa shape index (κ1) is 16.6. The number of nitrogens with two attached hydrogens (primary N) is 2. The highest BCUT2D eigenvalue weighted by molar-refractivity contribution is 9.10. The molecule has 2 heterocycles. The molecule has 2 aromatic heterocycles. The molecular formula is C17H18BrN5O. The van der Waals surface area contributed by atoms with E-state index in [0.717, 1.165) is 27.5 Å². The predicted octanol–water partition coefficient (Wildman–Crippen LogP) is 2.77. The maximum Gasteiger partial charge on any atom is 0.269 e. The molecule has 0 bridgehead atoms. The summed E-state index contributed by atoms with van der Waals surface area (Å²) in [5.41, 5.74) is 14.3. The van der Waals surface area contributed by atoms with Crippen LogP contribution in [-0.2, 0) is 6.42 Å². The Balaban J connectivity index is 2.10. The number of carbonyl (C=O) groups excluding carboxylic acids is 1. The molecule has 5 N–H and O–H groups in total. The van der Waals surface area contributed by atoms with Gasteiger partial charge < -0.3 is 16.5 Å². The summed E-state index contributed by atoms with van der Waals surface area (Å²) in [6, 6.07) is 7.87. The number of aryl methyl sites for hydroxylation is 1. The minimum absolute atomic E-state index is 0.0788. The summed E-state index contributed by atoms with van der Waals surface area (Å²) in [6.07, 6.45) is 3.08. The largest absolute Gasteiger partial charge is 0.364 e. The molecule has 24 heavy (non-hydrogen) atoms. The zero-order chi connectivity index (χ0) is 17.3. The van der Waals surface area contributed by atoms with Crippen LogP contribution < -0.4 is 11.5 Å². The Hall–Kier alpha value is -2.25. The van der Waals surface area contributed by atoms with Crippen LogP contribution in [0.15, 0.2) is 34.9 Å². The Labute approximate surface area is 147 Å². The zero-order valence-electron chi connectivity index (χ0n) is 13.2.